The van der Waals surface area contributed by atoms with E-state index in [1.54, 1.807) is 24.8 Å². The number of aliphatic carboxylic acids is 1. The molecule has 4 heterocycles. The van der Waals surface area contributed by atoms with Crippen LogP contribution >= 0.6 is 0 Å². The molecule has 1 aliphatic rings. The number of carbonyl (C=O) groups is 2. The fraction of sp³-hybridized carbons (Fsp3) is 0.273. The second-order valence-electron chi connectivity index (χ2n) is 7.93. The molecule has 0 aliphatic heterocycles. The molecule has 10 nitrogen and oxygen atoms in total. The summed E-state index contributed by atoms with van der Waals surface area (Å²) in [6.07, 6.45) is 5.98. The Balaban J connectivity index is 0.000000364. The summed E-state index contributed by atoms with van der Waals surface area (Å²) in [6, 6.07) is 5.63. The minimum absolute atomic E-state index is 0.311. The molecule has 4 aromatic heterocycles. The van der Waals surface area contributed by atoms with Crippen LogP contribution in [0.25, 0.3) is 17.0 Å². The first-order valence-corrected chi connectivity index (χ1v) is 10.5. The lowest BCUT2D eigenvalue weighted by atomic mass is 10.3. The van der Waals surface area contributed by atoms with E-state index in [1.165, 1.54) is 12.8 Å². The van der Waals surface area contributed by atoms with Gasteiger partial charge in [-0.15, -0.1) is 0 Å². The summed E-state index contributed by atoms with van der Waals surface area (Å²) < 4.78 is 35.6. The molecular formula is C22H20F3N7O3. The van der Waals surface area contributed by atoms with Gasteiger partial charge in [0.15, 0.2) is 11.5 Å². The number of nitrogens with one attached hydrogen (secondary N) is 1. The summed E-state index contributed by atoms with van der Waals surface area (Å²) in [5.41, 5.74) is 2.86. The number of hydrogen-bond donors (Lipinski definition) is 2. The van der Waals surface area contributed by atoms with E-state index in [9.17, 15) is 18.0 Å². The van der Waals surface area contributed by atoms with Gasteiger partial charge in [0.1, 0.15) is 11.5 Å². The number of fused-ring (bicyclic) bond motifs is 1. The number of rotatable bonds is 5. The first kappa shape index (κ1) is 23.9. The number of aryl methyl sites for hydroxylation is 1. The van der Waals surface area contributed by atoms with Crippen molar-refractivity contribution in [2.45, 2.75) is 32.5 Å². The number of anilines is 1. The van der Waals surface area contributed by atoms with E-state index in [1.807, 2.05) is 40.4 Å². The van der Waals surface area contributed by atoms with Gasteiger partial charge in [-0.25, -0.2) is 14.8 Å². The van der Waals surface area contributed by atoms with Crippen LogP contribution in [0.2, 0.25) is 0 Å². The molecule has 0 spiro atoms. The van der Waals surface area contributed by atoms with Crippen molar-refractivity contribution in [1.29, 1.82) is 0 Å². The van der Waals surface area contributed by atoms with Crippen LogP contribution in [0.5, 0.6) is 0 Å². The van der Waals surface area contributed by atoms with Gasteiger partial charge in [0.2, 0.25) is 0 Å². The van der Waals surface area contributed by atoms with E-state index in [0.29, 0.717) is 28.8 Å². The third-order valence-corrected chi connectivity index (χ3v) is 5.13. The number of aromatic nitrogens is 6. The van der Waals surface area contributed by atoms with Crippen LogP contribution in [0.1, 0.15) is 28.9 Å². The monoisotopic (exact) mass is 487 g/mol. The molecule has 1 saturated carbocycles. The summed E-state index contributed by atoms with van der Waals surface area (Å²) in [4.78, 5) is 34.8. The van der Waals surface area contributed by atoms with Crippen LogP contribution in [-0.2, 0) is 11.3 Å². The summed E-state index contributed by atoms with van der Waals surface area (Å²) >= 11 is 0. The second-order valence-corrected chi connectivity index (χ2v) is 7.93. The van der Waals surface area contributed by atoms with Crippen LogP contribution in [0.4, 0.5) is 19.0 Å². The lowest BCUT2D eigenvalue weighted by Crippen LogP contribution is -2.21. The Kier molecular flexibility index (Phi) is 6.49. The summed E-state index contributed by atoms with van der Waals surface area (Å²) in [7, 11) is 0. The maximum absolute atomic E-state index is 12.9. The van der Waals surface area contributed by atoms with Gasteiger partial charge < -0.3 is 10.4 Å². The molecule has 0 radical (unpaired) electrons. The van der Waals surface area contributed by atoms with Crippen molar-refractivity contribution in [2.75, 3.05) is 5.32 Å². The zero-order valence-corrected chi connectivity index (χ0v) is 18.4. The van der Waals surface area contributed by atoms with Crippen molar-refractivity contribution < 1.29 is 27.9 Å². The van der Waals surface area contributed by atoms with E-state index in [-0.39, 0.29) is 5.91 Å². The van der Waals surface area contributed by atoms with E-state index in [4.69, 9.17) is 9.90 Å². The molecule has 2 N–H and O–H groups in total. The first-order chi connectivity index (χ1) is 16.6. The Morgan fingerprint density at radius 3 is 2.60 bits per heavy atom. The smallest absolute Gasteiger partial charge is 0.475 e. The van der Waals surface area contributed by atoms with Gasteiger partial charge in [-0.2, -0.15) is 18.3 Å². The van der Waals surface area contributed by atoms with Crippen LogP contribution in [0.3, 0.4) is 0 Å². The summed E-state index contributed by atoms with van der Waals surface area (Å²) in [5.74, 6) is -1.22. The molecule has 4 aromatic rings. The number of alkyl halides is 3. The molecule has 1 fully saturated rings. The zero-order chi connectivity index (χ0) is 25.2. The average molecular weight is 487 g/mol. The Labute approximate surface area is 196 Å². The fourth-order valence-electron chi connectivity index (χ4n) is 3.28. The highest BCUT2D eigenvalue weighted by Crippen LogP contribution is 2.32. The second kappa shape index (κ2) is 9.52. The van der Waals surface area contributed by atoms with Gasteiger partial charge in [0.25, 0.3) is 5.91 Å². The molecule has 0 aromatic carbocycles. The minimum atomic E-state index is -5.08. The SMILES string of the molecule is Cc1ccnc(NC(=O)c2nc(-c3ccnn3CC3CC3)n3ccncc23)c1.O=C(O)C(F)(F)F. The van der Waals surface area contributed by atoms with Gasteiger partial charge in [-0.05, 0) is 49.4 Å². The Morgan fingerprint density at radius 1 is 1.20 bits per heavy atom. The van der Waals surface area contributed by atoms with Crippen LogP contribution < -0.4 is 5.32 Å². The molecule has 13 heteroatoms. The Bertz CT molecular complexity index is 1380. The number of carboxylic acids is 1. The number of hydrogen-bond acceptors (Lipinski definition) is 6. The number of halogens is 3. The van der Waals surface area contributed by atoms with Crippen molar-refractivity contribution in [3.8, 4) is 11.5 Å². The van der Waals surface area contributed by atoms with Crippen molar-refractivity contribution in [3.63, 3.8) is 0 Å². The quantitative estimate of drug-likeness (QED) is 0.440. The number of carboxylic acid groups (broad SMARTS) is 1. The molecule has 0 bridgehead atoms. The fourth-order valence-corrected chi connectivity index (χ4v) is 3.28. The number of pyridine rings is 1. The Morgan fingerprint density at radius 2 is 1.94 bits per heavy atom. The predicted octanol–water partition coefficient (Wildman–Crippen LogP) is 3.59. The molecule has 0 unspecified atom stereocenters. The maximum Gasteiger partial charge on any atom is 0.490 e. The summed E-state index contributed by atoms with van der Waals surface area (Å²) in [5, 5.41) is 14.4. The highest BCUT2D eigenvalue weighted by molar-refractivity contribution is 6.07. The van der Waals surface area contributed by atoms with Crippen LogP contribution in [-0.4, -0.2) is 52.3 Å². The molecular weight excluding hydrogens is 467 g/mol. The third-order valence-electron chi connectivity index (χ3n) is 5.13. The van der Waals surface area contributed by atoms with E-state index >= 15 is 0 Å². The third kappa shape index (κ3) is 5.62. The van der Waals surface area contributed by atoms with E-state index in [0.717, 1.165) is 17.8 Å². The van der Waals surface area contributed by atoms with Crippen molar-refractivity contribution in [3.05, 3.63) is 60.4 Å². The average Bonchev–Trinajstić information content (AvgIpc) is 3.35. The number of nitrogens with zero attached hydrogens (tertiary/aromatic N) is 6. The van der Waals surface area contributed by atoms with Crippen LogP contribution in [0.15, 0.2) is 49.2 Å². The van der Waals surface area contributed by atoms with Crippen molar-refractivity contribution in [2.24, 2.45) is 5.92 Å². The summed E-state index contributed by atoms with van der Waals surface area (Å²) in [6.45, 7) is 2.82. The van der Waals surface area contributed by atoms with Gasteiger partial charge in [0, 0.05) is 31.3 Å². The molecule has 0 saturated heterocycles. The Hall–Kier alpha value is -4.29. The zero-order valence-electron chi connectivity index (χ0n) is 18.4. The minimum Gasteiger partial charge on any atom is -0.475 e. The van der Waals surface area contributed by atoms with Gasteiger partial charge in [-0.3, -0.25) is 18.9 Å². The lowest BCUT2D eigenvalue weighted by molar-refractivity contribution is -0.192. The lowest BCUT2D eigenvalue weighted by Gasteiger charge is -2.05. The van der Waals surface area contributed by atoms with Gasteiger partial charge in [0.05, 0.1) is 11.7 Å². The highest BCUT2D eigenvalue weighted by Gasteiger charge is 2.38. The number of carbonyl (C=O) groups excluding carboxylic acids is 1. The maximum atomic E-state index is 12.9. The van der Waals surface area contributed by atoms with Crippen LogP contribution in [0, 0.1) is 12.8 Å². The van der Waals surface area contributed by atoms with Crippen molar-refractivity contribution in [1.82, 2.24) is 29.1 Å². The molecule has 5 rings (SSSR count). The molecule has 1 aliphatic carbocycles. The van der Waals surface area contributed by atoms with Crippen molar-refractivity contribution >= 4 is 23.2 Å². The first-order valence-electron chi connectivity index (χ1n) is 10.5. The molecule has 1 amide bonds. The highest BCUT2D eigenvalue weighted by atomic mass is 19.4. The number of imidazole rings is 1. The largest absolute Gasteiger partial charge is 0.490 e. The standard InChI is InChI=1S/C20H19N7O.C2HF3O2/c1-13-4-6-22-17(10-13)24-20(28)18-16-11-21-8-9-26(16)19(25-18)15-5-7-23-27(15)12-14-2-3-14;3-2(4,5)1(6)7/h4-11,14H,2-3,12H2,1H3,(H,22,24,28);(H,6,7). The van der Waals surface area contributed by atoms with Gasteiger partial charge in [-0.1, -0.05) is 0 Å². The molecule has 35 heavy (non-hydrogen) atoms. The van der Waals surface area contributed by atoms with E-state index < -0.39 is 12.1 Å². The van der Waals surface area contributed by atoms with Gasteiger partial charge >= 0.3 is 12.1 Å². The number of amides is 1. The topological polar surface area (TPSA) is 127 Å². The molecule has 0 atom stereocenters. The predicted molar refractivity (Wildman–Crippen MR) is 118 cm³/mol. The molecule has 182 valence electrons. The van der Waals surface area contributed by atoms with E-state index in [2.05, 4.69) is 25.4 Å². The normalized spacial score (nSPS) is 13.3.